The molecule has 2 fully saturated rings. The zero-order valence-corrected chi connectivity index (χ0v) is 13.7. The van der Waals surface area contributed by atoms with Crippen LogP contribution in [-0.2, 0) is 17.7 Å². The third kappa shape index (κ3) is 3.17. The van der Waals surface area contributed by atoms with E-state index < -0.39 is 0 Å². The highest BCUT2D eigenvalue weighted by Crippen LogP contribution is 2.42. The molecule has 1 spiro atoms. The van der Waals surface area contributed by atoms with E-state index in [1.54, 1.807) is 0 Å². The quantitative estimate of drug-likeness (QED) is 0.867. The fourth-order valence-electron chi connectivity index (χ4n) is 4.07. The monoisotopic (exact) mass is 308 g/mol. The van der Waals surface area contributed by atoms with Crippen molar-refractivity contribution in [2.75, 3.05) is 19.7 Å². The largest absolute Gasteiger partial charge is 0.377 e. The standard InChI is InChI=1S/C20H24N2O/c1-16-5-2-3-7-18(16)12-22-13-20(14-22)10-19(23-15-20)9-17-6-4-8-21-11-17/h2-8,11,19H,9-10,12-15H2,1H3. The first-order valence-corrected chi connectivity index (χ1v) is 8.50. The van der Waals surface area contributed by atoms with Gasteiger partial charge in [-0.15, -0.1) is 0 Å². The highest BCUT2D eigenvalue weighted by Gasteiger charge is 2.48. The molecule has 0 N–H and O–H groups in total. The minimum absolute atomic E-state index is 0.361. The summed E-state index contributed by atoms with van der Waals surface area (Å²) in [5, 5.41) is 0. The Labute approximate surface area is 138 Å². The minimum atomic E-state index is 0.361. The smallest absolute Gasteiger partial charge is 0.0623 e. The van der Waals surface area contributed by atoms with Gasteiger partial charge in [-0.1, -0.05) is 30.3 Å². The number of likely N-dealkylation sites (tertiary alicyclic amines) is 1. The molecule has 2 saturated heterocycles. The molecule has 120 valence electrons. The molecule has 3 nitrogen and oxygen atoms in total. The molecule has 0 bridgehead atoms. The molecular weight excluding hydrogens is 284 g/mol. The molecule has 0 radical (unpaired) electrons. The van der Waals surface area contributed by atoms with Gasteiger partial charge in [-0.05, 0) is 36.1 Å². The lowest BCUT2D eigenvalue weighted by Gasteiger charge is -2.47. The average molecular weight is 308 g/mol. The van der Waals surface area contributed by atoms with Crippen molar-refractivity contribution in [3.8, 4) is 0 Å². The molecule has 1 aromatic carbocycles. The van der Waals surface area contributed by atoms with Gasteiger partial charge in [-0.2, -0.15) is 0 Å². The Kier molecular flexibility index (Phi) is 3.92. The van der Waals surface area contributed by atoms with Gasteiger partial charge in [-0.3, -0.25) is 9.88 Å². The molecule has 23 heavy (non-hydrogen) atoms. The van der Waals surface area contributed by atoms with Crippen molar-refractivity contribution < 1.29 is 4.74 Å². The van der Waals surface area contributed by atoms with Gasteiger partial charge in [0, 0.05) is 43.9 Å². The van der Waals surface area contributed by atoms with Crippen LogP contribution in [0.4, 0.5) is 0 Å². The molecule has 2 aromatic rings. The number of rotatable bonds is 4. The fourth-order valence-corrected chi connectivity index (χ4v) is 4.07. The fraction of sp³-hybridized carbons (Fsp3) is 0.450. The van der Waals surface area contributed by atoms with Crippen molar-refractivity contribution >= 4 is 0 Å². The van der Waals surface area contributed by atoms with Crippen LogP contribution in [0.15, 0.2) is 48.8 Å². The average Bonchev–Trinajstić information content (AvgIpc) is 2.94. The van der Waals surface area contributed by atoms with E-state index in [1.165, 1.54) is 36.2 Å². The molecular formula is C20H24N2O. The number of aryl methyl sites for hydroxylation is 1. The summed E-state index contributed by atoms with van der Waals surface area (Å²) in [6.07, 6.45) is 6.33. The maximum Gasteiger partial charge on any atom is 0.0623 e. The molecule has 1 aromatic heterocycles. The Hall–Kier alpha value is -1.71. The summed E-state index contributed by atoms with van der Waals surface area (Å²) < 4.78 is 6.08. The van der Waals surface area contributed by atoms with Crippen molar-refractivity contribution in [2.24, 2.45) is 5.41 Å². The number of benzene rings is 1. The Morgan fingerprint density at radius 2 is 2.09 bits per heavy atom. The van der Waals surface area contributed by atoms with E-state index in [0.29, 0.717) is 11.5 Å². The summed E-state index contributed by atoms with van der Waals surface area (Å²) >= 11 is 0. The lowest BCUT2D eigenvalue weighted by molar-refractivity contribution is -0.0141. The summed E-state index contributed by atoms with van der Waals surface area (Å²) in [4.78, 5) is 6.75. The molecule has 1 unspecified atom stereocenters. The van der Waals surface area contributed by atoms with Crippen LogP contribution in [0.1, 0.15) is 23.1 Å². The van der Waals surface area contributed by atoms with Gasteiger partial charge in [0.1, 0.15) is 0 Å². The van der Waals surface area contributed by atoms with Crippen LogP contribution in [0, 0.1) is 12.3 Å². The van der Waals surface area contributed by atoms with Crippen LogP contribution in [0.25, 0.3) is 0 Å². The van der Waals surface area contributed by atoms with Crippen molar-refractivity contribution in [2.45, 2.75) is 32.4 Å². The number of hydrogen-bond donors (Lipinski definition) is 0. The normalized spacial score (nSPS) is 23.1. The third-order valence-corrected chi connectivity index (χ3v) is 5.25. The minimum Gasteiger partial charge on any atom is -0.377 e. The molecule has 1 atom stereocenters. The molecule has 0 saturated carbocycles. The second-order valence-electron chi connectivity index (χ2n) is 7.27. The molecule has 3 heterocycles. The van der Waals surface area contributed by atoms with E-state index in [-0.39, 0.29) is 0 Å². The van der Waals surface area contributed by atoms with E-state index >= 15 is 0 Å². The zero-order chi connectivity index (χ0) is 15.7. The Morgan fingerprint density at radius 1 is 1.22 bits per heavy atom. The number of nitrogens with zero attached hydrogens (tertiary/aromatic N) is 2. The van der Waals surface area contributed by atoms with Crippen molar-refractivity contribution in [1.82, 2.24) is 9.88 Å². The van der Waals surface area contributed by atoms with Gasteiger partial charge in [0.2, 0.25) is 0 Å². The van der Waals surface area contributed by atoms with E-state index in [1.807, 2.05) is 18.5 Å². The molecule has 3 heteroatoms. The number of pyridine rings is 1. The van der Waals surface area contributed by atoms with Gasteiger partial charge in [-0.25, -0.2) is 0 Å². The van der Waals surface area contributed by atoms with E-state index in [0.717, 1.165) is 19.6 Å². The second kappa shape index (κ2) is 6.06. The molecule has 0 aliphatic carbocycles. The highest BCUT2D eigenvalue weighted by atomic mass is 16.5. The van der Waals surface area contributed by atoms with E-state index in [4.69, 9.17) is 4.74 Å². The lowest BCUT2D eigenvalue weighted by Crippen LogP contribution is -2.56. The van der Waals surface area contributed by atoms with Crippen LogP contribution in [0.3, 0.4) is 0 Å². The summed E-state index contributed by atoms with van der Waals surface area (Å²) in [5.74, 6) is 0. The Bertz CT molecular complexity index is 664. The van der Waals surface area contributed by atoms with Crippen molar-refractivity contribution in [3.05, 3.63) is 65.5 Å². The summed E-state index contributed by atoms with van der Waals surface area (Å²) in [7, 11) is 0. The molecule has 0 amide bonds. The van der Waals surface area contributed by atoms with Crippen LogP contribution < -0.4 is 0 Å². The lowest BCUT2D eigenvalue weighted by atomic mass is 9.77. The Balaban J connectivity index is 1.30. The van der Waals surface area contributed by atoms with Gasteiger partial charge >= 0.3 is 0 Å². The number of hydrogen-bond acceptors (Lipinski definition) is 3. The maximum absolute atomic E-state index is 6.08. The van der Waals surface area contributed by atoms with E-state index in [2.05, 4.69) is 47.1 Å². The zero-order valence-electron chi connectivity index (χ0n) is 13.7. The molecule has 2 aliphatic rings. The van der Waals surface area contributed by atoms with Crippen LogP contribution >= 0.6 is 0 Å². The van der Waals surface area contributed by atoms with Crippen LogP contribution in [0.2, 0.25) is 0 Å². The maximum atomic E-state index is 6.08. The van der Waals surface area contributed by atoms with Crippen LogP contribution in [0.5, 0.6) is 0 Å². The summed E-state index contributed by atoms with van der Waals surface area (Å²) in [6, 6.07) is 12.9. The molecule has 4 rings (SSSR count). The van der Waals surface area contributed by atoms with Crippen LogP contribution in [-0.4, -0.2) is 35.7 Å². The molecule has 2 aliphatic heterocycles. The second-order valence-corrected chi connectivity index (χ2v) is 7.27. The van der Waals surface area contributed by atoms with Gasteiger partial charge in [0.25, 0.3) is 0 Å². The summed E-state index contributed by atoms with van der Waals surface area (Å²) in [6.45, 7) is 6.53. The van der Waals surface area contributed by atoms with Gasteiger partial charge in [0.05, 0.1) is 12.7 Å². The Morgan fingerprint density at radius 3 is 2.87 bits per heavy atom. The number of ether oxygens (including phenoxy) is 1. The predicted octanol–water partition coefficient (Wildman–Crippen LogP) is 3.22. The first-order valence-electron chi connectivity index (χ1n) is 8.50. The van der Waals surface area contributed by atoms with Gasteiger partial charge < -0.3 is 4.74 Å². The van der Waals surface area contributed by atoms with Gasteiger partial charge in [0.15, 0.2) is 0 Å². The first-order chi connectivity index (χ1) is 11.2. The predicted molar refractivity (Wildman–Crippen MR) is 91.2 cm³/mol. The highest BCUT2D eigenvalue weighted by molar-refractivity contribution is 5.26. The number of aromatic nitrogens is 1. The third-order valence-electron chi connectivity index (χ3n) is 5.25. The van der Waals surface area contributed by atoms with Crippen molar-refractivity contribution in [3.63, 3.8) is 0 Å². The van der Waals surface area contributed by atoms with E-state index in [9.17, 15) is 0 Å². The SMILES string of the molecule is Cc1ccccc1CN1CC2(COC(Cc3cccnc3)C2)C1. The van der Waals surface area contributed by atoms with Crippen molar-refractivity contribution in [1.29, 1.82) is 0 Å². The topological polar surface area (TPSA) is 25.4 Å². The summed E-state index contributed by atoms with van der Waals surface area (Å²) in [5.41, 5.74) is 4.53. The first kappa shape index (κ1) is 14.9.